The van der Waals surface area contributed by atoms with E-state index in [9.17, 15) is 18.0 Å². The standard InChI is InChI=1S/C14H21N3O5S/c1-10(2)8-12(14(19)20)17-13(18)5-7-16-23(21,22)11-4-3-6-15-9-11/h3-4,6,9-10,12,16H,5,7-8H2,1-2H3,(H,17,18)(H,19,20)/t12-/m1/s1. The van der Waals surface area contributed by atoms with Gasteiger partial charge in [0.1, 0.15) is 10.9 Å². The summed E-state index contributed by atoms with van der Waals surface area (Å²) in [6, 6.07) is 1.90. The molecule has 1 atom stereocenters. The number of carbonyl (C=O) groups is 2. The van der Waals surface area contributed by atoms with Gasteiger partial charge in [0.2, 0.25) is 15.9 Å². The van der Waals surface area contributed by atoms with Gasteiger partial charge in [0.25, 0.3) is 0 Å². The summed E-state index contributed by atoms with van der Waals surface area (Å²) in [5, 5.41) is 11.4. The minimum atomic E-state index is -3.73. The Kier molecular flexibility index (Phi) is 7.11. The summed E-state index contributed by atoms with van der Waals surface area (Å²) in [6.07, 6.45) is 2.81. The lowest BCUT2D eigenvalue weighted by atomic mass is 10.0. The molecule has 1 heterocycles. The molecule has 1 amide bonds. The smallest absolute Gasteiger partial charge is 0.326 e. The van der Waals surface area contributed by atoms with Crippen molar-refractivity contribution in [3.05, 3.63) is 24.5 Å². The van der Waals surface area contributed by atoms with Crippen molar-refractivity contribution in [2.75, 3.05) is 6.54 Å². The summed E-state index contributed by atoms with van der Waals surface area (Å²) < 4.78 is 26.1. The summed E-state index contributed by atoms with van der Waals surface area (Å²) in [6.45, 7) is 3.57. The first-order chi connectivity index (χ1) is 10.7. The Labute approximate surface area is 135 Å². The third kappa shape index (κ3) is 6.74. The molecule has 0 saturated heterocycles. The van der Waals surface area contributed by atoms with Crippen molar-refractivity contribution < 1.29 is 23.1 Å². The topological polar surface area (TPSA) is 125 Å². The number of hydrogen-bond acceptors (Lipinski definition) is 5. The number of hydrogen-bond donors (Lipinski definition) is 3. The molecule has 0 aliphatic rings. The van der Waals surface area contributed by atoms with Crippen molar-refractivity contribution in [2.45, 2.75) is 37.6 Å². The Balaban J connectivity index is 2.49. The number of carbonyl (C=O) groups excluding carboxylic acids is 1. The van der Waals surface area contributed by atoms with E-state index in [0.29, 0.717) is 6.42 Å². The normalized spacial score (nSPS) is 12.8. The number of aliphatic carboxylic acids is 1. The lowest BCUT2D eigenvalue weighted by molar-refractivity contribution is -0.142. The van der Waals surface area contributed by atoms with Crippen molar-refractivity contribution in [3.63, 3.8) is 0 Å². The minimum absolute atomic E-state index is 0.00336. The predicted octanol–water partition coefficient (Wildman–Crippen LogP) is 0.366. The highest BCUT2D eigenvalue weighted by molar-refractivity contribution is 7.89. The Hall–Kier alpha value is -2.00. The third-order valence-corrected chi connectivity index (χ3v) is 4.38. The van der Waals surface area contributed by atoms with E-state index < -0.39 is 27.9 Å². The van der Waals surface area contributed by atoms with Gasteiger partial charge in [-0.25, -0.2) is 17.9 Å². The molecular weight excluding hydrogens is 322 g/mol. The van der Waals surface area contributed by atoms with Crippen LogP contribution in [0, 0.1) is 5.92 Å². The second-order valence-corrected chi connectivity index (χ2v) is 7.19. The first-order valence-electron chi connectivity index (χ1n) is 7.14. The molecule has 128 valence electrons. The number of aromatic nitrogens is 1. The largest absolute Gasteiger partial charge is 0.480 e. The summed E-state index contributed by atoms with van der Waals surface area (Å²) in [4.78, 5) is 26.5. The second-order valence-electron chi connectivity index (χ2n) is 5.42. The van der Waals surface area contributed by atoms with Crippen LogP contribution in [0.15, 0.2) is 29.4 Å². The van der Waals surface area contributed by atoms with Gasteiger partial charge in [-0.2, -0.15) is 0 Å². The van der Waals surface area contributed by atoms with Gasteiger partial charge in [0.05, 0.1) is 0 Å². The van der Waals surface area contributed by atoms with Crippen molar-refractivity contribution in [3.8, 4) is 0 Å². The number of carboxylic acid groups (broad SMARTS) is 1. The highest BCUT2D eigenvalue weighted by atomic mass is 32.2. The van der Waals surface area contributed by atoms with Gasteiger partial charge in [-0.3, -0.25) is 9.78 Å². The molecule has 0 radical (unpaired) electrons. The van der Waals surface area contributed by atoms with Gasteiger partial charge in [0.15, 0.2) is 0 Å². The monoisotopic (exact) mass is 343 g/mol. The zero-order valence-electron chi connectivity index (χ0n) is 13.0. The Morgan fingerprint density at radius 3 is 2.57 bits per heavy atom. The van der Waals surface area contributed by atoms with Crippen LogP contribution in [0.3, 0.4) is 0 Å². The first kappa shape index (κ1) is 19.0. The SMILES string of the molecule is CC(C)C[C@@H](NC(=O)CCNS(=O)(=O)c1cccnc1)C(=O)O. The van der Waals surface area contributed by atoms with Crippen molar-refractivity contribution >= 4 is 21.9 Å². The fourth-order valence-corrected chi connectivity index (χ4v) is 2.84. The molecule has 0 unspecified atom stereocenters. The second kappa shape index (κ2) is 8.59. The summed E-state index contributed by atoms with van der Waals surface area (Å²) in [5.74, 6) is -1.52. The number of nitrogens with one attached hydrogen (secondary N) is 2. The molecule has 3 N–H and O–H groups in total. The van der Waals surface area contributed by atoms with E-state index in [1.54, 1.807) is 0 Å². The van der Waals surface area contributed by atoms with Gasteiger partial charge >= 0.3 is 5.97 Å². The van der Waals surface area contributed by atoms with Gasteiger partial charge in [0, 0.05) is 25.4 Å². The molecule has 1 aromatic heterocycles. The van der Waals surface area contributed by atoms with Crippen molar-refractivity contribution in [2.24, 2.45) is 5.92 Å². The quantitative estimate of drug-likeness (QED) is 0.594. The highest BCUT2D eigenvalue weighted by Gasteiger charge is 2.21. The maximum Gasteiger partial charge on any atom is 0.326 e. The molecule has 8 nitrogen and oxygen atoms in total. The predicted molar refractivity (Wildman–Crippen MR) is 83.1 cm³/mol. The van der Waals surface area contributed by atoms with E-state index >= 15 is 0 Å². The number of amides is 1. The Bertz CT molecular complexity index is 631. The average molecular weight is 343 g/mol. The van der Waals surface area contributed by atoms with Crippen LogP contribution in [0.1, 0.15) is 26.7 Å². The molecule has 0 aliphatic heterocycles. The molecule has 0 fully saturated rings. The summed E-state index contributed by atoms with van der Waals surface area (Å²) in [7, 11) is -3.73. The lowest BCUT2D eigenvalue weighted by Gasteiger charge is -2.16. The van der Waals surface area contributed by atoms with Crippen LogP contribution in [0.5, 0.6) is 0 Å². The fourth-order valence-electron chi connectivity index (χ4n) is 1.85. The Morgan fingerprint density at radius 1 is 1.35 bits per heavy atom. The molecular formula is C14H21N3O5S. The van der Waals surface area contributed by atoms with Crippen LogP contribution >= 0.6 is 0 Å². The number of nitrogens with zero attached hydrogens (tertiary/aromatic N) is 1. The highest BCUT2D eigenvalue weighted by Crippen LogP contribution is 2.06. The average Bonchev–Trinajstić information content (AvgIpc) is 2.46. The minimum Gasteiger partial charge on any atom is -0.480 e. The number of carboxylic acids is 1. The maximum absolute atomic E-state index is 11.9. The molecule has 0 aliphatic carbocycles. The molecule has 23 heavy (non-hydrogen) atoms. The van der Waals surface area contributed by atoms with E-state index in [2.05, 4.69) is 15.0 Å². The third-order valence-electron chi connectivity index (χ3n) is 2.93. The number of rotatable bonds is 9. The van der Waals surface area contributed by atoms with Gasteiger partial charge in [-0.05, 0) is 24.5 Å². The first-order valence-corrected chi connectivity index (χ1v) is 8.62. The van der Waals surface area contributed by atoms with E-state index in [0.717, 1.165) is 0 Å². The molecule has 1 aromatic rings. The number of sulfonamides is 1. The van der Waals surface area contributed by atoms with Crippen molar-refractivity contribution in [1.29, 1.82) is 0 Å². The van der Waals surface area contributed by atoms with Gasteiger partial charge in [-0.15, -0.1) is 0 Å². The van der Waals surface area contributed by atoms with Crippen LogP contribution in [0.4, 0.5) is 0 Å². The van der Waals surface area contributed by atoms with Crippen LogP contribution in [-0.4, -0.2) is 43.0 Å². The molecule has 0 saturated carbocycles. The zero-order valence-corrected chi connectivity index (χ0v) is 13.8. The van der Waals surface area contributed by atoms with Crippen molar-refractivity contribution in [1.82, 2.24) is 15.0 Å². The van der Waals surface area contributed by atoms with E-state index in [1.165, 1.54) is 24.5 Å². The van der Waals surface area contributed by atoms with Crippen LogP contribution in [0.2, 0.25) is 0 Å². The zero-order chi connectivity index (χ0) is 17.5. The molecule has 0 bridgehead atoms. The fraction of sp³-hybridized carbons (Fsp3) is 0.500. The van der Waals surface area contributed by atoms with Gasteiger partial charge in [-0.1, -0.05) is 13.8 Å². The maximum atomic E-state index is 11.9. The summed E-state index contributed by atoms with van der Waals surface area (Å²) in [5.41, 5.74) is 0. The molecule has 0 spiro atoms. The summed E-state index contributed by atoms with van der Waals surface area (Å²) >= 11 is 0. The van der Waals surface area contributed by atoms with E-state index in [-0.39, 0.29) is 23.8 Å². The lowest BCUT2D eigenvalue weighted by Crippen LogP contribution is -2.42. The Morgan fingerprint density at radius 2 is 2.04 bits per heavy atom. The van der Waals surface area contributed by atoms with Gasteiger partial charge < -0.3 is 10.4 Å². The van der Waals surface area contributed by atoms with E-state index in [1.807, 2.05) is 13.8 Å². The molecule has 9 heteroatoms. The number of pyridine rings is 1. The van der Waals surface area contributed by atoms with Crippen LogP contribution in [-0.2, 0) is 19.6 Å². The van der Waals surface area contributed by atoms with E-state index in [4.69, 9.17) is 5.11 Å². The van der Waals surface area contributed by atoms with Crippen LogP contribution in [0.25, 0.3) is 0 Å². The van der Waals surface area contributed by atoms with Crippen LogP contribution < -0.4 is 10.0 Å². The molecule has 1 rings (SSSR count). The molecule has 0 aromatic carbocycles.